The summed E-state index contributed by atoms with van der Waals surface area (Å²) in [6.45, 7) is 6.87. The minimum absolute atomic E-state index is 0.112. The Morgan fingerprint density at radius 1 is 1.03 bits per heavy atom. The Hall–Kier alpha value is -2.71. The number of aliphatic hydroxyl groups excluding tert-OH is 1. The number of esters is 2. The van der Waals surface area contributed by atoms with E-state index in [0.29, 0.717) is 30.6 Å². The van der Waals surface area contributed by atoms with Gasteiger partial charge in [-0.25, -0.2) is 9.59 Å². The van der Waals surface area contributed by atoms with Gasteiger partial charge >= 0.3 is 11.9 Å². The molecule has 1 spiro atoms. The fourth-order valence-corrected chi connectivity index (χ4v) is 5.79. The van der Waals surface area contributed by atoms with Crippen molar-refractivity contribution in [3.63, 3.8) is 0 Å². The molecule has 1 aromatic rings. The monoisotopic (exact) mass is 454 g/mol. The van der Waals surface area contributed by atoms with Crippen LogP contribution in [0.1, 0.15) is 65.8 Å². The van der Waals surface area contributed by atoms with Gasteiger partial charge in [-0.2, -0.15) is 0 Å². The van der Waals surface area contributed by atoms with Gasteiger partial charge < -0.3 is 24.4 Å². The number of hydrogen-bond acceptors (Lipinski definition) is 7. The summed E-state index contributed by atoms with van der Waals surface area (Å²) in [4.78, 5) is 41.1. The number of benzene rings is 1. The second kappa shape index (κ2) is 8.25. The molecule has 4 aliphatic rings. The van der Waals surface area contributed by atoms with Crippen molar-refractivity contribution in [2.24, 2.45) is 5.41 Å². The highest BCUT2D eigenvalue weighted by molar-refractivity contribution is 5.95. The largest absolute Gasteiger partial charge is 0.457 e. The van der Waals surface area contributed by atoms with Crippen molar-refractivity contribution in [2.75, 3.05) is 32.8 Å². The number of hydrogen-bond donors (Lipinski definition) is 1. The summed E-state index contributed by atoms with van der Waals surface area (Å²) in [6, 6.07) is 3.56. The number of rotatable bonds is 5. The predicted molar refractivity (Wildman–Crippen MR) is 118 cm³/mol. The van der Waals surface area contributed by atoms with E-state index in [-0.39, 0.29) is 36.5 Å². The molecule has 0 aliphatic carbocycles. The summed E-state index contributed by atoms with van der Waals surface area (Å²) in [5, 5.41) is 10.9. The second-order valence-corrected chi connectivity index (χ2v) is 9.54. The van der Waals surface area contributed by atoms with Crippen LogP contribution in [0.15, 0.2) is 23.4 Å². The van der Waals surface area contributed by atoms with Crippen LogP contribution >= 0.6 is 0 Å². The molecule has 33 heavy (non-hydrogen) atoms. The van der Waals surface area contributed by atoms with E-state index < -0.39 is 6.10 Å². The van der Waals surface area contributed by atoms with Crippen LogP contribution in [0.2, 0.25) is 0 Å². The zero-order valence-corrected chi connectivity index (χ0v) is 19.2. The van der Waals surface area contributed by atoms with E-state index in [0.717, 1.165) is 54.7 Å². The van der Waals surface area contributed by atoms with E-state index in [4.69, 9.17) is 9.47 Å². The Labute approximate surface area is 193 Å². The van der Waals surface area contributed by atoms with Gasteiger partial charge in [-0.05, 0) is 62.9 Å². The Morgan fingerprint density at radius 2 is 1.73 bits per heavy atom. The smallest absolute Gasteiger partial charge is 0.338 e. The number of carbonyl (C=O) groups excluding carboxylic acids is 3. The maximum atomic E-state index is 13.4. The minimum atomic E-state index is -0.672. The van der Waals surface area contributed by atoms with Crippen LogP contribution in [-0.2, 0) is 25.7 Å². The van der Waals surface area contributed by atoms with Gasteiger partial charge in [0.1, 0.15) is 13.2 Å². The first-order valence-corrected chi connectivity index (χ1v) is 11.8. The van der Waals surface area contributed by atoms with Crippen molar-refractivity contribution in [3.8, 4) is 0 Å². The highest BCUT2D eigenvalue weighted by Crippen LogP contribution is 2.44. The molecule has 5 rings (SSSR count). The van der Waals surface area contributed by atoms with Crippen LogP contribution in [0, 0.1) is 12.3 Å². The summed E-state index contributed by atoms with van der Waals surface area (Å²) in [5.74, 6) is -0.495. The Morgan fingerprint density at radius 3 is 2.45 bits per heavy atom. The lowest BCUT2D eigenvalue weighted by Gasteiger charge is -2.38. The number of likely N-dealkylation sites (tertiary alicyclic amines) is 2. The number of fused-ring (bicyclic) bond motifs is 1. The third-order valence-corrected chi connectivity index (χ3v) is 7.94. The molecule has 8 heteroatoms. The van der Waals surface area contributed by atoms with E-state index in [9.17, 15) is 19.5 Å². The zero-order chi connectivity index (χ0) is 23.3. The van der Waals surface area contributed by atoms with Gasteiger partial charge in [0.05, 0.1) is 28.4 Å². The molecule has 176 valence electrons. The number of β-amino-alcohol motifs (C(OH)–C–C–N with tert-alkyl or cyclic N) is 1. The summed E-state index contributed by atoms with van der Waals surface area (Å²) in [7, 11) is 0. The van der Waals surface area contributed by atoms with Crippen LogP contribution in [0.5, 0.6) is 0 Å². The van der Waals surface area contributed by atoms with Crippen molar-refractivity contribution >= 4 is 17.8 Å². The van der Waals surface area contributed by atoms with E-state index in [1.807, 2.05) is 19.9 Å². The SMILES string of the molecule is CCC1=C(N2CCC3(CCN(C[C@H](O)c4ccc5c(c4C)COC5=O)CC3)C2=O)COC1=O. The van der Waals surface area contributed by atoms with Gasteiger partial charge in [0.15, 0.2) is 0 Å². The first kappa shape index (κ1) is 22.1. The molecule has 1 aromatic carbocycles. The van der Waals surface area contributed by atoms with E-state index in [2.05, 4.69) is 4.90 Å². The highest BCUT2D eigenvalue weighted by Gasteiger charge is 2.50. The van der Waals surface area contributed by atoms with Crippen LogP contribution in [0.25, 0.3) is 0 Å². The molecular formula is C25H30N2O6. The van der Waals surface area contributed by atoms with Gasteiger partial charge in [-0.1, -0.05) is 13.0 Å². The minimum Gasteiger partial charge on any atom is -0.457 e. The summed E-state index contributed by atoms with van der Waals surface area (Å²) in [6.07, 6.45) is 2.16. The third-order valence-electron chi connectivity index (χ3n) is 7.94. The van der Waals surface area contributed by atoms with Gasteiger partial charge in [-0.15, -0.1) is 0 Å². The van der Waals surface area contributed by atoms with Crippen LogP contribution in [0.3, 0.4) is 0 Å². The topological polar surface area (TPSA) is 96.4 Å². The van der Waals surface area contributed by atoms with Gasteiger partial charge in [-0.3, -0.25) is 4.79 Å². The first-order valence-electron chi connectivity index (χ1n) is 11.8. The average molecular weight is 455 g/mol. The lowest BCUT2D eigenvalue weighted by atomic mass is 9.77. The normalized spacial score (nSPS) is 23.4. The molecule has 0 saturated carbocycles. The fraction of sp³-hybridized carbons (Fsp3) is 0.560. The van der Waals surface area contributed by atoms with E-state index >= 15 is 0 Å². The molecule has 1 atom stereocenters. The second-order valence-electron chi connectivity index (χ2n) is 9.54. The molecule has 2 saturated heterocycles. The lowest BCUT2D eigenvalue weighted by molar-refractivity contribution is -0.138. The van der Waals surface area contributed by atoms with Crippen LogP contribution in [0.4, 0.5) is 0 Å². The van der Waals surface area contributed by atoms with E-state index in [1.54, 1.807) is 11.0 Å². The zero-order valence-electron chi connectivity index (χ0n) is 19.2. The third kappa shape index (κ3) is 3.56. The predicted octanol–water partition coefficient (Wildman–Crippen LogP) is 2.23. The molecule has 0 unspecified atom stereocenters. The molecule has 4 aliphatic heterocycles. The van der Waals surface area contributed by atoms with Crippen LogP contribution < -0.4 is 0 Å². The summed E-state index contributed by atoms with van der Waals surface area (Å²) < 4.78 is 10.3. The molecular weight excluding hydrogens is 424 g/mol. The van der Waals surface area contributed by atoms with Gasteiger partial charge in [0.2, 0.25) is 5.91 Å². The van der Waals surface area contributed by atoms with Crippen molar-refractivity contribution < 1.29 is 29.0 Å². The summed E-state index contributed by atoms with van der Waals surface area (Å²) in [5.41, 5.74) is 4.16. The van der Waals surface area contributed by atoms with Crippen molar-refractivity contribution in [3.05, 3.63) is 45.7 Å². The maximum absolute atomic E-state index is 13.4. The van der Waals surface area contributed by atoms with Gasteiger partial charge in [0.25, 0.3) is 0 Å². The molecule has 0 radical (unpaired) electrons. The highest BCUT2D eigenvalue weighted by atomic mass is 16.5. The molecule has 1 N–H and O–H groups in total. The maximum Gasteiger partial charge on any atom is 0.338 e. The molecule has 4 heterocycles. The number of aliphatic hydroxyl groups is 1. The average Bonchev–Trinajstić information content (AvgIpc) is 3.46. The number of carbonyl (C=O) groups is 3. The first-order chi connectivity index (χ1) is 15.8. The van der Waals surface area contributed by atoms with Crippen LogP contribution in [-0.4, -0.2) is 65.5 Å². The number of nitrogens with zero attached hydrogens (tertiary/aromatic N) is 2. The van der Waals surface area contributed by atoms with Crippen molar-refractivity contribution in [1.82, 2.24) is 9.80 Å². The van der Waals surface area contributed by atoms with Crippen molar-refractivity contribution in [2.45, 2.75) is 52.2 Å². The molecule has 0 aromatic heterocycles. The molecule has 1 amide bonds. The lowest BCUT2D eigenvalue weighted by Crippen LogP contribution is -2.45. The quantitative estimate of drug-likeness (QED) is 0.682. The number of piperidine rings is 1. The molecule has 2 fully saturated rings. The standard InChI is InChI=1S/C25H30N2O6/c1-3-16-20(14-33-22(16)29)27-11-8-25(24(27)31)6-9-26(10-7-25)12-21(28)17-4-5-18-19(15(17)2)13-32-23(18)30/h4-5,21,28H,3,6-14H2,1-2H3/t21-/m0/s1. The Bertz CT molecular complexity index is 1050. The fourth-order valence-electron chi connectivity index (χ4n) is 5.79. The summed E-state index contributed by atoms with van der Waals surface area (Å²) >= 11 is 0. The number of cyclic esters (lactones) is 2. The number of amides is 1. The Balaban J connectivity index is 1.23. The van der Waals surface area contributed by atoms with Crippen molar-refractivity contribution in [1.29, 1.82) is 0 Å². The van der Waals surface area contributed by atoms with E-state index in [1.165, 1.54) is 0 Å². The molecule has 0 bridgehead atoms. The van der Waals surface area contributed by atoms with Gasteiger partial charge in [0, 0.05) is 18.7 Å². The number of ether oxygens (including phenoxy) is 2. The Kier molecular flexibility index (Phi) is 5.53. The molecule has 8 nitrogen and oxygen atoms in total.